The van der Waals surface area contributed by atoms with Crippen LogP contribution in [0.3, 0.4) is 0 Å². The molecule has 1 aliphatic heterocycles. The molecule has 1 atom stereocenters. The molecule has 1 aromatic carbocycles. The van der Waals surface area contributed by atoms with E-state index in [4.69, 9.17) is 5.73 Å². The normalized spacial score (nSPS) is 20.6. The lowest BCUT2D eigenvalue weighted by atomic mass is 9.96. The Balaban J connectivity index is 1.67. The zero-order valence-corrected chi connectivity index (χ0v) is 12.0. The summed E-state index contributed by atoms with van der Waals surface area (Å²) in [6, 6.07) is 6.92. The zero-order chi connectivity index (χ0) is 14.6. The third kappa shape index (κ3) is 1.79. The Morgan fingerprint density at radius 3 is 2.52 bits per heavy atom. The summed E-state index contributed by atoms with van der Waals surface area (Å²) in [5.41, 5.74) is 7.78. The summed E-state index contributed by atoms with van der Waals surface area (Å²) in [7, 11) is 0. The number of aromatic nitrogens is 1. The summed E-state index contributed by atoms with van der Waals surface area (Å²) in [6.07, 6.45) is 2.18. The Morgan fingerprint density at radius 2 is 1.86 bits per heavy atom. The molecule has 0 unspecified atom stereocenters. The van der Waals surface area contributed by atoms with E-state index in [1.807, 2.05) is 0 Å². The topological polar surface area (TPSA) is 76.3 Å². The maximum absolute atomic E-state index is 12.5. The third-order valence-electron chi connectivity index (χ3n) is 4.12. The van der Waals surface area contributed by atoms with Crippen molar-refractivity contribution >= 4 is 28.3 Å². The fourth-order valence-electron chi connectivity index (χ4n) is 3.14. The summed E-state index contributed by atoms with van der Waals surface area (Å²) < 4.78 is 0. The number of fused-ring (bicyclic) bond motifs is 2. The fourth-order valence-corrected chi connectivity index (χ4v) is 4.09. The van der Waals surface area contributed by atoms with E-state index in [1.165, 1.54) is 16.2 Å². The summed E-state index contributed by atoms with van der Waals surface area (Å²) in [5, 5.41) is 0.558. The van der Waals surface area contributed by atoms with Crippen molar-refractivity contribution in [1.82, 2.24) is 9.88 Å². The van der Waals surface area contributed by atoms with Gasteiger partial charge < -0.3 is 5.73 Å². The molecule has 6 heteroatoms. The van der Waals surface area contributed by atoms with Gasteiger partial charge in [0.05, 0.1) is 16.8 Å². The fraction of sp³-hybridized carbons (Fsp3) is 0.267. The molecule has 0 saturated carbocycles. The molecule has 2 heterocycles. The summed E-state index contributed by atoms with van der Waals surface area (Å²) in [5.74, 6) is -0.358. The second-order valence-corrected chi connectivity index (χ2v) is 6.46. The van der Waals surface area contributed by atoms with Gasteiger partial charge >= 0.3 is 0 Å². The van der Waals surface area contributed by atoms with Gasteiger partial charge in [-0.3, -0.25) is 14.5 Å². The van der Waals surface area contributed by atoms with Crippen LogP contribution in [0.2, 0.25) is 0 Å². The van der Waals surface area contributed by atoms with E-state index in [1.54, 1.807) is 24.3 Å². The number of nitrogens with two attached hydrogens (primary N) is 1. The smallest absolute Gasteiger partial charge is 0.261 e. The van der Waals surface area contributed by atoms with Crippen molar-refractivity contribution in [2.24, 2.45) is 0 Å². The summed E-state index contributed by atoms with van der Waals surface area (Å²) in [6.45, 7) is 0. The number of hydrogen-bond acceptors (Lipinski definition) is 5. The van der Waals surface area contributed by atoms with Crippen molar-refractivity contribution in [2.45, 2.75) is 25.3 Å². The van der Waals surface area contributed by atoms with Gasteiger partial charge in [0.25, 0.3) is 11.8 Å². The van der Waals surface area contributed by atoms with E-state index in [0.29, 0.717) is 22.7 Å². The minimum absolute atomic E-state index is 0.0928. The molecule has 2 N–H and O–H groups in total. The van der Waals surface area contributed by atoms with Gasteiger partial charge in [-0.05, 0) is 25.0 Å². The Kier molecular flexibility index (Phi) is 2.62. The number of nitrogen functional groups attached to an aromatic ring is 1. The Bertz CT molecular complexity index is 733. The lowest BCUT2D eigenvalue weighted by Gasteiger charge is -2.28. The van der Waals surface area contributed by atoms with E-state index in [9.17, 15) is 9.59 Å². The highest BCUT2D eigenvalue weighted by Crippen LogP contribution is 2.33. The van der Waals surface area contributed by atoms with E-state index in [2.05, 4.69) is 4.98 Å². The SMILES string of the molecule is Nc1nc2c(s1)C[C@@H](N1C(=O)c3ccccc3C1=O)CC2. The molecule has 2 aromatic rings. The molecule has 0 saturated heterocycles. The van der Waals surface area contributed by atoms with E-state index in [0.717, 1.165) is 23.4 Å². The number of rotatable bonds is 1. The van der Waals surface area contributed by atoms with Crippen LogP contribution in [-0.2, 0) is 12.8 Å². The molecule has 4 rings (SSSR count). The number of benzene rings is 1. The predicted molar refractivity (Wildman–Crippen MR) is 79.3 cm³/mol. The first kappa shape index (κ1) is 12.5. The molecular formula is C15H13N3O2S. The van der Waals surface area contributed by atoms with Crippen LogP contribution >= 0.6 is 11.3 Å². The highest BCUT2D eigenvalue weighted by atomic mass is 32.1. The first-order valence-electron chi connectivity index (χ1n) is 6.86. The van der Waals surface area contributed by atoms with Crippen LogP contribution < -0.4 is 5.73 Å². The number of imide groups is 1. The second-order valence-electron chi connectivity index (χ2n) is 5.34. The van der Waals surface area contributed by atoms with Crippen LogP contribution in [0.1, 0.15) is 37.7 Å². The molecule has 0 bridgehead atoms. The number of carbonyl (C=O) groups is 2. The highest BCUT2D eigenvalue weighted by Gasteiger charge is 2.41. The number of nitrogens with zero attached hydrogens (tertiary/aromatic N) is 2. The van der Waals surface area contributed by atoms with Crippen LogP contribution in [0.4, 0.5) is 5.13 Å². The summed E-state index contributed by atoms with van der Waals surface area (Å²) >= 11 is 1.46. The van der Waals surface area contributed by atoms with Crippen LogP contribution in [0.5, 0.6) is 0 Å². The predicted octanol–water partition coefficient (Wildman–Crippen LogP) is 1.88. The van der Waals surface area contributed by atoms with Crippen molar-refractivity contribution in [3.8, 4) is 0 Å². The molecule has 2 amide bonds. The minimum Gasteiger partial charge on any atom is -0.375 e. The molecule has 2 aliphatic rings. The largest absolute Gasteiger partial charge is 0.375 e. The molecule has 5 nitrogen and oxygen atoms in total. The van der Waals surface area contributed by atoms with Gasteiger partial charge in [-0.15, -0.1) is 11.3 Å². The number of aryl methyl sites for hydroxylation is 1. The van der Waals surface area contributed by atoms with Crippen molar-refractivity contribution in [3.05, 3.63) is 46.0 Å². The number of hydrogen-bond donors (Lipinski definition) is 1. The van der Waals surface area contributed by atoms with Gasteiger partial charge in [-0.1, -0.05) is 12.1 Å². The molecule has 106 valence electrons. The van der Waals surface area contributed by atoms with Gasteiger partial charge in [0.1, 0.15) is 0 Å². The average molecular weight is 299 g/mol. The molecular weight excluding hydrogens is 286 g/mol. The van der Waals surface area contributed by atoms with Crippen LogP contribution in [0.25, 0.3) is 0 Å². The van der Waals surface area contributed by atoms with Gasteiger partial charge in [-0.2, -0.15) is 0 Å². The lowest BCUT2D eigenvalue weighted by molar-refractivity contribution is 0.0571. The Hall–Kier alpha value is -2.21. The first-order chi connectivity index (χ1) is 10.1. The Labute approximate surface area is 125 Å². The van der Waals surface area contributed by atoms with E-state index >= 15 is 0 Å². The molecule has 0 spiro atoms. The van der Waals surface area contributed by atoms with Crippen LogP contribution in [0.15, 0.2) is 24.3 Å². The summed E-state index contributed by atoms with van der Waals surface area (Å²) in [4.78, 5) is 31.8. The number of carbonyl (C=O) groups excluding carboxylic acids is 2. The number of anilines is 1. The molecule has 0 radical (unpaired) electrons. The standard InChI is InChI=1S/C15H13N3O2S/c16-15-17-11-6-5-8(7-12(11)21-15)18-13(19)9-3-1-2-4-10(9)14(18)20/h1-4,8H,5-7H2,(H2,16,17)/t8-/m0/s1. The van der Waals surface area contributed by atoms with Crippen molar-refractivity contribution < 1.29 is 9.59 Å². The third-order valence-corrected chi connectivity index (χ3v) is 5.07. The van der Waals surface area contributed by atoms with Crippen molar-refractivity contribution in [1.29, 1.82) is 0 Å². The maximum atomic E-state index is 12.5. The molecule has 1 aromatic heterocycles. The van der Waals surface area contributed by atoms with Crippen LogP contribution in [0, 0.1) is 0 Å². The van der Waals surface area contributed by atoms with E-state index < -0.39 is 0 Å². The minimum atomic E-state index is -0.179. The quantitative estimate of drug-likeness (QED) is 0.816. The Morgan fingerprint density at radius 1 is 1.19 bits per heavy atom. The average Bonchev–Trinajstić information content (AvgIpc) is 2.97. The van der Waals surface area contributed by atoms with Gasteiger partial charge in [0.15, 0.2) is 5.13 Å². The highest BCUT2D eigenvalue weighted by molar-refractivity contribution is 7.15. The maximum Gasteiger partial charge on any atom is 0.261 e. The van der Waals surface area contributed by atoms with Crippen LogP contribution in [-0.4, -0.2) is 27.7 Å². The molecule has 0 fully saturated rings. The second kappa shape index (κ2) is 4.39. The van der Waals surface area contributed by atoms with Crippen molar-refractivity contribution in [2.75, 3.05) is 5.73 Å². The monoisotopic (exact) mass is 299 g/mol. The number of thiazole rings is 1. The van der Waals surface area contributed by atoms with Crippen molar-refractivity contribution in [3.63, 3.8) is 0 Å². The van der Waals surface area contributed by atoms with Gasteiger partial charge in [0, 0.05) is 17.3 Å². The zero-order valence-electron chi connectivity index (χ0n) is 11.2. The van der Waals surface area contributed by atoms with Gasteiger partial charge in [0.2, 0.25) is 0 Å². The molecule has 21 heavy (non-hydrogen) atoms. The number of amides is 2. The first-order valence-corrected chi connectivity index (χ1v) is 7.68. The molecule has 1 aliphatic carbocycles. The van der Waals surface area contributed by atoms with Gasteiger partial charge in [-0.25, -0.2) is 4.98 Å². The lowest BCUT2D eigenvalue weighted by Crippen LogP contribution is -2.42. The van der Waals surface area contributed by atoms with E-state index in [-0.39, 0.29) is 17.9 Å².